The van der Waals surface area contributed by atoms with Crippen LogP contribution in [0.2, 0.25) is 0 Å². The van der Waals surface area contributed by atoms with E-state index in [4.69, 9.17) is 14.7 Å². The summed E-state index contributed by atoms with van der Waals surface area (Å²) in [5.41, 5.74) is 4.37. The molecule has 2 aromatic heterocycles. The van der Waals surface area contributed by atoms with Gasteiger partial charge in [-0.15, -0.1) is 22.7 Å². The van der Waals surface area contributed by atoms with Gasteiger partial charge in [0.2, 0.25) is 0 Å². The summed E-state index contributed by atoms with van der Waals surface area (Å²) in [6.45, 7) is 3.82. The number of ether oxygens (including phenoxy) is 1. The van der Waals surface area contributed by atoms with Gasteiger partial charge in [-0.2, -0.15) is 0 Å². The van der Waals surface area contributed by atoms with Gasteiger partial charge in [0.05, 0.1) is 18.5 Å². The first-order valence-electron chi connectivity index (χ1n) is 9.91. The van der Waals surface area contributed by atoms with E-state index in [-0.39, 0.29) is 0 Å². The number of methoxy groups -OCH3 is 1. The molecule has 0 atom stereocenters. The average molecular weight is 435 g/mol. The average Bonchev–Trinajstić information content (AvgIpc) is 3.50. The molecule has 0 bridgehead atoms. The maximum Gasteiger partial charge on any atom is 0.185 e. The van der Waals surface area contributed by atoms with Crippen LogP contribution in [0.5, 0.6) is 5.75 Å². The SMILES string of the molecule is COc1ccc(-c2csc(N3CCN(c4nc(-c5ccccc5)cs4)CC3)n2)cc1. The lowest BCUT2D eigenvalue weighted by atomic mass is 10.2. The van der Waals surface area contributed by atoms with E-state index in [1.54, 1.807) is 29.8 Å². The predicted molar refractivity (Wildman–Crippen MR) is 126 cm³/mol. The number of aromatic nitrogens is 2. The van der Waals surface area contributed by atoms with Crippen molar-refractivity contribution in [2.45, 2.75) is 0 Å². The van der Waals surface area contributed by atoms with Gasteiger partial charge in [0.25, 0.3) is 0 Å². The van der Waals surface area contributed by atoms with Crippen LogP contribution in [0.3, 0.4) is 0 Å². The van der Waals surface area contributed by atoms with E-state index < -0.39 is 0 Å². The van der Waals surface area contributed by atoms with E-state index in [1.165, 1.54) is 5.56 Å². The van der Waals surface area contributed by atoms with Gasteiger partial charge in [0, 0.05) is 48.1 Å². The Labute approximate surface area is 184 Å². The van der Waals surface area contributed by atoms with Gasteiger partial charge < -0.3 is 14.5 Å². The molecule has 0 aliphatic carbocycles. The molecule has 0 amide bonds. The molecule has 1 fully saturated rings. The molecule has 5 rings (SSSR count). The lowest BCUT2D eigenvalue weighted by molar-refractivity contribution is 0.415. The predicted octanol–water partition coefficient (Wildman–Crippen LogP) is 5.27. The fourth-order valence-electron chi connectivity index (χ4n) is 3.54. The number of anilines is 2. The standard InChI is InChI=1S/C23H22N4OS2/c1-28-19-9-7-18(8-10-19)21-16-30-23(25-21)27-13-11-26(12-14-27)22-24-20(15-29-22)17-5-3-2-4-6-17/h2-10,15-16H,11-14H2,1H3. The first-order valence-corrected chi connectivity index (χ1v) is 11.7. The minimum atomic E-state index is 0.864. The smallest absolute Gasteiger partial charge is 0.185 e. The second kappa shape index (κ2) is 8.45. The van der Waals surface area contributed by atoms with Crippen LogP contribution in [-0.4, -0.2) is 43.3 Å². The van der Waals surface area contributed by atoms with Crippen molar-refractivity contribution < 1.29 is 4.74 Å². The molecule has 5 nitrogen and oxygen atoms in total. The highest BCUT2D eigenvalue weighted by Crippen LogP contribution is 2.31. The second-order valence-corrected chi connectivity index (χ2v) is 8.77. The largest absolute Gasteiger partial charge is 0.497 e. The first-order chi connectivity index (χ1) is 14.8. The third-order valence-electron chi connectivity index (χ3n) is 5.26. The summed E-state index contributed by atoms with van der Waals surface area (Å²) >= 11 is 3.44. The van der Waals surface area contributed by atoms with Crippen LogP contribution in [0, 0.1) is 0 Å². The Morgan fingerprint density at radius 2 is 1.20 bits per heavy atom. The number of rotatable bonds is 5. The molecular weight excluding hydrogens is 412 g/mol. The fourth-order valence-corrected chi connectivity index (χ4v) is 5.32. The van der Waals surface area contributed by atoms with Crippen LogP contribution < -0.4 is 14.5 Å². The highest BCUT2D eigenvalue weighted by molar-refractivity contribution is 7.14. The van der Waals surface area contributed by atoms with E-state index in [0.29, 0.717) is 0 Å². The zero-order valence-corrected chi connectivity index (χ0v) is 18.3. The van der Waals surface area contributed by atoms with Crippen molar-refractivity contribution in [3.63, 3.8) is 0 Å². The van der Waals surface area contributed by atoms with Gasteiger partial charge in [-0.25, -0.2) is 9.97 Å². The van der Waals surface area contributed by atoms with Gasteiger partial charge in [0.1, 0.15) is 5.75 Å². The number of hydrogen-bond donors (Lipinski definition) is 0. The highest BCUT2D eigenvalue weighted by atomic mass is 32.1. The first kappa shape index (κ1) is 19.1. The van der Waals surface area contributed by atoms with Gasteiger partial charge >= 0.3 is 0 Å². The van der Waals surface area contributed by atoms with Crippen molar-refractivity contribution >= 4 is 32.9 Å². The van der Waals surface area contributed by atoms with Crippen molar-refractivity contribution in [2.75, 3.05) is 43.1 Å². The number of piperazine rings is 1. The molecule has 0 spiro atoms. The molecule has 2 aromatic carbocycles. The zero-order valence-electron chi connectivity index (χ0n) is 16.7. The quantitative estimate of drug-likeness (QED) is 0.428. The molecule has 0 N–H and O–H groups in total. The molecule has 0 unspecified atom stereocenters. The Bertz CT molecular complexity index is 1100. The van der Waals surface area contributed by atoms with Crippen LogP contribution in [0.25, 0.3) is 22.5 Å². The number of nitrogens with zero attached hydrogens (tertiary/aromatic N) is 4. The summed E-state index contributed by atoms with van der Waals surface area (Å²) in [6, 6.07) is 18.4. The summed E-state index contributed by atoms with van der Waals surface area (Å²) in [7, 11) is 1.68. The third-order valence-corrected chi connectivity index (χ3v) is 7.06. The Balaban J connectivity index is 1.23. The number of hydrogen-bond acceptors (Lipinski definition) is 7. The zero-order chi connectivity index (χ0) is 20.3. The normalized spacial score (nSPS) is 14.2. The van der Waals surface area contributed by atoms with E-state index in [2.05, 4.69) is 57.0 Å². The molecule has 3 heterocycles. The molecule has 0 saturated carbocycles. The van der Waals surface area contributed by atoms with Crippen molar-refractivity contribution in [3.05, 3.63) is 65.4 Å². The molecule has 1 aliphatic rings. The Morgan fingerprint density at radius 3 is 1.70 bits per heavy atom. The van der Waals surface area contributed by atoms with Crippen molar-refractivity contribution in [1.29, 1.82) is 0 Å². The monoisotopic (exact) mass is 434 g/mol. The van der Waals surface area contributed by atoms with E-state index in [1.807, 2.05) is 18.2 Å². The highest BCUT2D eigenvalue weighted by Gasteiger charge is 2.22. The van der Waals surface area contributed by atoms with Crippen molar-refractivity contribution in [3.8, 4) is 28.3 Å². The van der Waals surface area contributed by atoms with Crippen LogP contribution in [0.15, 0.2) is 65.4 Å². The van der Waals surface area contributed by atoms with Crippen LogP contribution in [0.1, 0.15) is 0 Å². The van der Waals surface area contributed by atoms with Crippen LogP contribution in [0.4, 0.5) is 10.3 Å². The summed E-state index contributed by atoms with van der Waals surface area (Å²) < 4.78 is 5.24. The summed E-state index contributed by atoms with van der Waals surface area (Å²) in [4.78, 5) is 14.5. The molecule has 152 valence electrons. The molecule has 0 radical (unpaired) electrons. The third kappa shape index (κ3) is 3.91. The van der Waals surface area contributed by atoms with Gasteiger partial charge in [-0.3, -0.25) is 0 Å². The number of thiazole rings is 2. The summed E-state index contributed by atoms with van der Waals surface area (Å²) in [6.07, 6.45) is 0. The number of benzene rings is 2. The van der Waals surface area contributed by atoms with E-state index in [0.717, 1.165) is 59.1 Å². The maximum absolute atomic E-state index is 5.24. The molecule has 1 aliphatic heterocycles. The Hall–Kier alpha value is -2.90. The van der Waals surface area contributed by atoms with Crippen LogP contribution >= 0.6 is 22.7 Å². The second-order valence-electron chi connectivity index (χ2n) is 7.10. The van der Waals surface area contributed by atoms with Crippen molar-refractivity contribution in [2.24, 2.45) is 0 Å². The summed E-state index contributed by atoms with van der Waals surface area (Å²) in [5.74, 6) is 0.864. The summed E-state index contributed by atoms with van der Waals surface area (Å²) in [5, 5.41) is 6.48. The van der Waals surface area contributed by atoms with Gasteiger partial charge in [-0.1, -0.05) is 30.3 Å². The topological polar surface area (TPSA) is 41.5 Å². The van der Waals surface area contributed by atoms with Gasteiger partial charge in [-0.05, 0) is 24.3 Å². The Morgan fingerprint density at radius 1 is 0.700 bits per heavy atom. The molecule has 30 heavy (non-hydrogen) atoms. The Kier molecular flexibility index (Phi) is 5.38. The van der Waals surface area contributed by atoms with Crippen LogP contribution in [-0.2, 0) is 0 Å². The molecule has 1 saturated heterocycles. The van der Waals surface area contributed by atoms with Gasteiger partial charge in [0.15, 0.2) is 10.3 Å². The van der Waals surface area contributed by atoms with E-state index in [9.17, 15) is 0 Å². The molecule has 7 heteroatoms. The van der Waals surface area contributed by atoms with Crippen molar-refractivity contribution in [1.82, 2.24) is 9.97 Å². The lowest BCUT2D eigenvalue weighted by Gasteiger charge is -2.34. The minimum Gasteiger partial charge on any atom is -0.497 e. The minimum absolute atomic E-state index is 0.864. The fraction of sp³-hybridized carbons (Fsp3) is 0.217. The maximum atomic E-state index is 5.24. The molecule has 4 aromatic rings. The lowest BCUT2D eigenvalue weighted by Crippen LogP contribution is -2.46. The molecular formula is C23H22N4OS2. The van der Waals surface area contributed by atoms with E-state index >= 15 is 0 Å².